The number of hydrogen-bond donors (Lipinski definition) is 0. The van der Waals surface area contributed by atoms with E-state index >= 15 is 0 Å². The smallest absolute Gasteiger partial charge is 0.485 e. The molecule has 0 spiro atoms. The van der Waals surface area contributed by atoms with Gasteiger partial charge in [0, 0.05) is 18.4 Å². The molecule has 1 atom stereocenters. The molecule has 1 aliphatic heterocycles. The van der Waals surface area contributed by atoms with Crippen LogP contribution in [0.25, 0.3) is 5.69 Å². The minimum Gasteiger partial charge on any atom is -0.741 e. The van der Waals surface area contributed by atoms with Crippen molar-refractivity contribution in [2.24, 2.45) is 7.05 Å². The molecule has 24 heavy (non-hydrogen) atoms. The Balaban J connectivity index is 0.000000224. The quantitative estimate of drug-likeness (QED) is 0.440. The summed E-state index contributed by atoms with van der Waals surface area (Å²) < 4.78 is 63.1. The molecule has 0 N–H and O–H groups in total. The van der Waals surface area contributed by atoms with Crippen molar-refractivity contribution >= 4 is 10.1 Å². The molecule has 1 aromatic carbocycles. The van der Waals surface area contributed by atoms with Gasteiger partial charge in [-0.15, -0.1) is 9.36 Å². The van der Waals surface area contributed by atoms with Crippen molar-refractivity contribution in [2.45, 2.75) is 17.8 Å². The van der Waals surface area contributed by atoms with Crippen LogP contribution in [0.4, 0.5) is 13.2 Å². The molecule has 1 unspecified atom stereocenters. The summed E-state index contributed by atoms with van der Waals surface area (Å²) in [4.78, 5) is 0. The minimum atomic E-state index is -6.09. The summed E-state index contributed by atoms with van der Waals surface area (Å²) in [6, 6.07) is 12.7. The Hall–Kier alpha value is -2.38. The fourth-order valence-electron chi connectivity index (χ4n) is 2.52. The van der Waals surface area contributed by atoms with Crippen molar-refractivity contribution in [2.75, 3.05) is 0 Å². The van der Waals surface area contributed by atoms with Crippen molar-refractivity contribution in [3.8, 4) is 11.8 Å². The number of nitrogens with zero attached hydrogens (tertiary/aromatic N) is 3. The highest BCUT2D eigenvalue weighted by molar-refractivity contribution is 7.86. The first-order valence-electron chi connectivity index (χ1n) is 6.64. The van der Waals surface area contributed by atoms with Gasteiger partial charge in [-0.2, -0.15) is 18.4 Å². The van der Waals surface area contributed by atoms with Crippen molar-refractivity contribution in [3.05, 3.63) is 47.8 Å². The molecular weight excluding hydrogens is 347 g/mol. The molecule has 1 aromatic heterocycles. The monoisotopic (exact) mass is 359 g/mol. The number of aryl methyl sites for hydroxylation is 1. The van der Waals surface area contributed by atoms with Crippen molar-refractivity contribution in [1.29, 1.82) is 5.26 Å². The van der Waals surface area contributed by atoms with E-state index in [0.29, 0.717) is 6.42 Å². The molecule has 0 aliphatic carbocycles. The van der Waals surface area contributed by atoms with Crippen LogP contribution >= 0.6 is 0 Å². The number of fused-ring (bicyclic) bond motifs is 3. The fraction of sp³-hybridized carbons (Fsp3) is 0.286. The van der Waals surface area contributed by atoms with Gasteiger partial charge in [0.05, 0.1) is 11.8 Å². The largest absolute Gasteiger partial charge is 0.741 e. The van der Waals surface area contributed by atoms with Gasteiger partial charge >= 0.3 is 5.51 Å². The van der Waals surface area contributed by atoms with Crippen molar-refractivity contribution < 1.29 is 30.8 Å². The average molecular weight is 359 g/mol. The normalized spacial score (nSPS) is 15.8. The zero-order valence-electron chi connectivity index (χ0n) is 12.4. The van der Waals surface area contributed by atoms with Crippen LogP contribution < -0.4 is 4.68 Å². The van der Waals surface area contributed by atoms with E-state index in [1.807, 2.05) is 25.4 Å². The standard InChI is InChI=1S/C13H12N3.CHF3O3S/c1-15-9-7-13-11(6-8-14)10-4-2-3-5-12(10)16(13)15;2-1(3,4)8(5,6)7/h2-5,7,9,11H,6H2,1H3;(H,5,6,7)/q+1;/p-1. The van der Waals surface area contributed by atoms with Gasteiger partial charge in [-0.25, -0.2) is 8.42 Å². The Labute approximate surface area is 136 Å². The summed E-state index contributed by atoms with van der Waals surface area (Å²) in [5.41, 5.74) is -1.97. The van der Waals surface area contributed by atoms with Gasteiger partial charge in [0.25, 0.3) is 0 Å². The number of para-hydroxylation sites is 1. The minimum absolute atomic E-state index is 0.224. The number of aromatic nitrogens is 2. The van der Waals surface area contributed by atoms with E-state index in [4.69, 9.17) is 18.2 Å². The Morgan fingerprint density at radius 1 is 1.33 bits per heavy atom. The van der Waals surface area contributed by atoms with Crippen LogP contribution in [0, 0.1) is 11.3 Å². The first-order chi connectivity index (χ1) is 11.1. The van der Waals surface area contributed by atoms with Crippen LogP contribution in [-0.2, 0) is 17.2 Å². The van der Waals surface area contributed by atoms with Crippen LogP contribution in [0.5, 0.6) is 0 Å². The van der Waals surface area contributed by atoms with Crippen LogP contribution in [0.1, 0.15) is 23.6 Å². The summed E-state index contributed by atoms with van der Waals surface area (Å²) in [6.45, 7) is 0. The molecule has 2 heterocycles. The highest BCUT2D eigenvalue weighted by atomic mass is 32.2. The number of rotatable bonds is 1. The van der Waals surface area contributed by atoms with Crippen molar-refractivity contribution in [1.82, 2.24) is 4.68 Å². The second-order valence-corrected chi connectivity index (χ2v) is 6.37. The second kappa shape index (κ2) is 6.26. The summed E-state index contributed by atoms with van der Waals surface area (Å²) >= 11 is 0. The second-order valence-electron chi connectivity index (χ2n) is 5.00. The van der Waals surface area contributed by atoms with E-state index in [1.165, 1.54) is 16.9 Å². The SMILES string of the molecule is C[n+]1ccc2n1-c1ccccc1C2CC#N.O=S(=O)([O-])C(F)(F)F. The van der Waals surface area contributed by atoms with Gasteiger partial charge in [0.2, 0.25) is 0 Å². The number of halogens is 3. The molecule has 0 saturated carbocycles. The van der Waals surface area contributed by atoms with Gasteiger partial charge in [-0.1, -0.05) is 18.2 Å². The zero-order valence-corrected chi connectivity index (χ0v) is 13.2. The maximum absolute atomic E-state index is 10.7. The first-order valence-corrected chi connectivity index (χ1v) is 8.04. The molecule has 0 saturated heterocycles. The molecular formula is C14H12F3N3O3S. The van der Waals surface area contributed by atoms with E-state index in [2.05, 4.69) is 33.6 Å². The Kier molecular flexibility index (Phi) is 4.68. The summed E-state index contributed by atoms with van der Waals surface area (Å²) in [5.74, 6) is 0.224. The predicted octanol–water partition coefficient (Wildman–Crippen LogP) is 1.71. The number of benzene rings is 1. The maximum atomic E-state index is 10.7. The average Bonchev–Trinajstić information content (AvgIpc) is 2.98. The number of hydrogen-bond acceptors (Lipinski definition) is 4. The zero-order chi connectivity index (χ0) is 18.1. The van der Waals surface area contributed by atoms with E-state index in [-0.39, 0.29) is 5.92 Å². The number of alkyl halides is 3. The molecule has 1 aliphatic rings. The van der Waals surface area contributed by atoms with Crippen LogP contribution in [0.15, 0.2) is 36.5 Å². The Morgan fingerprint density at radius 2 is 1.92 bits per heavy atom. The highest BCUT2D eigenvalue weighted by Crippen LogP contribution is 2.38. The van der Waals surface area contributed by atoms with E-state index < -0.39 is 15.6 Å². The Bertz CT molecular complexity index is 898. The van der Waals surface area contributed by atoms with Crippen LogP contribution in [-0.4, -0.2) is 23.2 Å². The molecule has 0 amide bonds. The third kappa shape index (κ3) is 3.27. The van der Waals surface area contributed by atoms with Gasteiger partial charge in [-0.3, -0.25) is 0 Å². The maximum Gasteiger partial charge on any atom is 0.485 e. The summed E-state index contributed by atoms with van der Waals surface area (Å²) in [7, 11) is -4.07. The molecule has 3 rings (SSSR count). The van der Waals surface area contributed by atoms with Gasteiger partial charge in [0.1, 0.15) is 5.69 Å². The molecule has 0 fully saturated rings. The third-order valence-electron chi connectivity index (χ3n) is 3.50. The van der Waals surface area contributed by atoms with Gasteiger partial charge < -0.3 is 4.55 Å². The van der Waals surface area contributed by atoms with Gasteiger partial charge in [0.15, 0.2) is 23.4 Å². The lowest BCUT2D eigenvalue weighted by molar-refractivity contribution is -0.744. The molecule has 10 heteroatoms. The molecule has 0 bridgehead atoms. The van der Waals surface area contributed by atoms with Crippen LogP contribution in [0.2, 0.25) is 0 Å². The summed E-state index contributed by atoms with van der Waals surface area (Å²) in [6.07, 6.45) is 2.58. The highest BCUT2D eigenvalue weighted by Gasteiger charge is 2.37. The molecule has 0 radical (unpaired) electrons. The molecule has 128 valence electrons. The Morgan fingerprint density at radius 3 is 2.46 bits per heavy atom. The lowest BCUT2D eigenvalue weighted by atomic mass is 9.95. The topological polar surface area (TPSA) is 89.8 Å². The predicted molar refractivity (Wildman–Crippen MR) is 74.8 cm³/mol. The molecule has 2 aromatic rings. The van der Waals surface area contributed by atoms with Crippen LogP contribution in [0.3, 0.4) is 0 Å². The molecule has 6 nitrogen and oxygen atoms in total. The van der Waals surface area contributed by atoms with E-state index in [1.54, 1.807) is 0 Å². The fourth-order valence-corrected chi connectivity index (χ4v) is 2.52. The lowest BCUT2D eigenvalue weighted by Crippen LogP contribution is -2.36. The van der Waals surface area contributed by atoms with Crippen molar-refractivity contribution in [3.63, 3.8) is 0 Å². The number of nitriles is 1. The van der Waals surface area contributed by atoms with Gasteiger partial charge in [-0.05, 0) is 11.6 Å². The first kappa shape index (κ1) is 18.0. The van der Waals surface area contributed by atoms with E-state index in [0.717, 1.165) is 0 Å². The summed E-state index contributed by atoms with van der Waals surface area (Å²) in [5, 5.41) is 8.92. The third-order valence-corrected chi connectivity index (χ3v) is 4.06. The van der Waals surface area contributed by atoms with E-state index in [9.17, 15) is 13.2 Å². The lowest BCUT2D eigenvalue weighted by Gasteiger charge is -2.08.